The second-order valence-electron chi connectivity index (χ2n) is 7.10. The lowest BCUT2D eigenvalue weighted by molar-refractivity contribution is -0.122. The number of allylic oxidation sites excluding steroid dienone is 2. The molecule has 5 nitrogen and oxygen atoms in total. The smallest absolute Gasteiger partial charge is 0.222 e. The largest absolute Gasteiger partial charge is 0.371 e. The zero-order valence-corrected chi connectivity index (χ0v) is 14.6. The van der Waals surface area contributed by atoms with E-state index in [9.17, 15) is 9.59 Å². The number of anilines is 1. The van der Waals surface area contributed by atoms with Gasteiger partial charge < -0.3 is 16.0 Å². The monoisotopic (exact) mass is 341 g/mol. The molecule has 25 heavy (non-hydrogen) atoms. The van der Waals surface area contributed by atoms with Crippen LogP contribution in [-0.4, -0.2) is 24.9 Å². The van der Waals surface area contributed by atoms with Crippen LogP contribution >= 0.6 is 0 Å². The molecule has 0 radical (unpaired) electrons. The van der Waals surface area contributed by atoms with Crippen LogP contribution in [0.4, 0.5) is 5.69 Å². The second kappa shape index (κ2) is 8.19. The minimum Gasteiger partial charge on any atom is -0.371 e. The maximum absolute atomic E-state index is 12.0. The third-order valence-corrected chi connectivity index (χ3v) is 5.17. The lowest BCUT2D eigenvalue weighted by atomic mass is 9.97. The highest BCUT2D eigenvalue weighted by molar-refractivity contribution is 5.77. The predicted octanol–water partition coefficient (Wildman–Crippen LogP) is 2.36. The van der Waals surface area contributed by atoms with Crippen molar-refractivity contribution < 1.29 is 9.59 Å². The van der Waals surface area contributed by atoms with E-state index in [4.69, 9.17) is 5.73 Å². The molecule has 1 aliphatic heterocycles. The van der Waals surface area contributed by atoms with E-state index in [0.717, 1.165) is 43.5 Å². The Morgan fingerprint density at radius 3 is 2.68 bits per heavy atom. The summed E-state index contributed by atoms with van der Waals surface area (Å²) in [6.45, 7) is 2.20. The molecule has 2 aliphatic rings. The zero-order chi connectivity index (χ0) is 17.6. The van der Waals surface area contributed by atoms with Gasteiger partial charge in [0, 0.05) is 31.7 Å². The fraction of sp³-hybridized carbons (Fsp3) is 0.500. The van der Waals surface area contributed by atoms with Gasteiger partial charge in [-0.05, 0) is 49.3 Å². The van der Waals surface area contributed by atoms with Gasteiger partial charge in [0.25, 0.3) is 0 Å². The van der Waals surface area contributed by atoms with Gasteiger partial charge in [-0.25, -0.2) is 0 Å². The van der Waals surface area contributed by atoms with Crippen LogP contribution in [0.3, 0.4) is 0 Å². The average Bonchev–Trinajstić information content (AvgIpc) is 3.13. The van der Waals surface area contributed by atoms with Crippen molar-refractivity contribution in [1.82, 2.24) is 5.32 Å². The van der Waals surface area contributed by atoms with Gasteiger partial charge >= 0.3 is 0 Å². The molecule has 1 saturated heterocycles. The number of carbonyl (C=O) groups excluding carboxylic acids is 2. The number of nitrogens with one attached hydrogen (secondary N) is 1. The minimum absolute atomic E-state index is 0.0580. The van der Waals surface area contributed by atoms with Gasteiger partial charge in [0.1, 0.15) is 0 Å². The van der Waals surface area contributed by atoms with E-state index in [-0.39, 0.29) is 17.7 Å². The van der Waals surface area contributed by atoms with Crippen molar-refractivity contribution in [2.45, 2.75) is 38.6 Å². The zero-order valence-electron chi connectivity index (χ0n) is 14.6. The summed E-state index contributed by atoms with van der Waals surface area (Å²) in [6.07, 6.45) is 8.92. The first-order valence-electron chi connectivity index (χ1n) is 9.18. The number of amides is 2. The van der Waals surface area contributed by atoms with Crippen molar-refractivity contribution in [3.63, 3.8) is 0 Å². The minimum atomic E-state index is -0.207. The van der Waals surface area contributed by atoms with Crippen LogP contribution < -0.4 is 16.0 Å². The number of hydrogen-bond acceptors (Lipinski definition) is 3. The Balaban J connectivity index is 1.49. The molecule has 2 amide bonds. The van der Waals surface area contributed by atoms with Crippen LogP contribution in [0.25, 0.3) is 0 Å². The molecule has 2 atom stereocenters. The summed E-state index contributed by atoms with van der Waals surface area (Å²) in [6, 6.07) is 8.20. The van der Waals surface area contributed by atoms with E-state index in [2.05, 4.69) is 34.5 Å². The molecule has 0 unspecified atom stereocenters. The number of nitrogens with zero attached hydrogens (tertiary/aromatic N) is 1. The van der Waals surface area contributed by atoms with Gasteiger partial charge in [0.15, 0.2) is 0 Å². The highest BCUT2D eigenvalue weighted by atomic mass is 16.2. The molecule has 1 fully saturated rings. The first-order valence-corrected chi connectivity index (χ1v) is 9.18. The summed E-state index contributed by atoms with van der Waals surface area (Å²) in [4.78, 5) is 25.6. The average molecular weight is 341 g/mol. The van der Waals surface area contributed by atoms with Crippen LogP contribution in [0.2, 0.25) is 0 Å². The third kappa shape index (κ3) is 4.84. The van der Waals surface area contributed by atoms with Gasteiger partial charge in [0.05, 0.1) is 5.92 Å². The number of nitrogens with two attached hydrogens (primary N) is 1. The number of rotatable bonds is 6. The van der Waals surface area contributed by atoms with Crippen molar-refractivity contribution in [2.75, 3.05) is 18.0 Å². The Kier molecular flexibility index (Phi) is 5.74. The van der Waals surface area contributed by atoms with Crippen molar-refractivity contribution >= 4 is 17.5 Å². The molecular formula is C20H27N3O2. The second-order valence-corrected chi connectivity index (χ2v) is 7.10. The molecule has 5 heteroatoms. The summed E-state index contributed by atoms with van der Waals surface area (Å²) in [5.74, 6) is 0.249. The quantitative estimate of drug-likeness (QED) is 0.780. The molecule has 0 spiro atoms. The number of piperidine rings is 1. The Hall–Kier alpha value is -2.30. The van der Waals surface area contributed by atoms with Crippen LogP contribution in [0, 0.1) is 11.8 Å². The fourth-order valence-corrected chi connectivity index (χ4v) is 3.64. The van der Waals surface area contributed by atoms with E-state index < -0.39 is 0 Å². The normalized spacial score (nSPS) is 22.8. The molecule has 1 aliphatic carbocycles. The third-order valence-electron chi connectivity index (χ3n) is 5.17. The van der Waals surface area contributed by atoms with E-state index in [0.29, 0.717) is 25.4 Å². The standard InChI is InChI=1S/C20H27N3O2/c21-20(25)17-6-3-11-23(14-17)18-9-7-16(8-10-18)13-22-19(24)12-15-4-1-2-5-15/h1,4,7-10,15,17H,2-3,5-6,11-14H2,(H2,21,25)(H,22,24)/t15-,17-/m1/s1. The van der Waals surface area contributed by atoms with E-state index in [1.165, 1.54) is 0 Å². The molecule has 1 heterocycles. The summed E-state index contributed by atoms with van der Waals surface area (Å²) in [5.41, 5.74) is 7.64. The first kappa shape index (κ1) is 17.5. The highest BCUT2D eigenvalue weighted by Gasteiger charge is 2.24. The molecule has 3 rings (SSSR count). The van der Waals surface area contributed by atoms with Gasteiger partial charge in [-0.3, -0.25) is 9.59 Å². The lowest BCUT2D eigenvalue weighted by Gasteiger charge is -2.33. The van der Waals surface area contributed by atoms with E-state index in [1.807, 2.05) is 12.1 Å². The van der Waals surface area contributed by atoms with Crippen LogP contribution in [0.1, 0.15) is 37.7 Å². The van der Waals surface area contributed by atoms with E-state index in [1.54, 1.807) is 0 Å². The van der Waals surface area contributed by atoms with Crippen molar-refractivity contribution in [2.24, 2.45) is 17.6 Å². The SMILES string of the molecule is NC(=O)[C@@H]1CCCN(c2ccc(CNC(=O)C[C@@H]3C=CCC3)cc2)C1. The topological polar surface area (TPSA) is 75.4 Å². The maximum Gasteiger partial charge on any atom is 0.222 e. The van der Waals surface area contributed by atoms with Crippen LogP contribution in [-0.2, 0) is 16.1 Å². The fourth-order valence-electron chi connectivity index (χ4n) is 3.64. The Labute approximate surface area is 149 Å². The molecule has 0 aromatic heterocycles. The van der Waals surface area contributed by atoms with E-state index >= 15 is 0 Å². The predicted molar refractivity (Wildman–Crippen MR) is 98.9 cm³/mol. The van der Waals surface area contributed by atoms with Crippen molar-refractivity contribution in [3.8, 4) is 0 Å². The number of benzene rings is 1. The molecular weight excluding hydrogens is 314 g/mol. The highest BCUT2D eigenvalue weighted by Crippen LogP contribution is 2.23. The molecule has 0 bridgehead atoms. The molecule has 134 valence electrons. The van der Waals surface area contributed by atoms with Crippen LogP contribution in [0.5, 0.6) is 0 Å². The summed E-state index contributed by atoms with van der Waals surface area (Å²) in [7, 11) is 0. The summed E-state index contributed by atoms with van der Waals surface area (Å²) < 4.78 is 0. The maximum atomic E-state index is 12.0. The van der Waals surface area contributed by atoms with Crippen molar-refractivity contribution in [3.05, 3.63) is 42.0 Å². The van der Waals surface area contributed by atoms with Crippen LogP contribution in [0.15, 0.2) is 36.4 Å². The summed E-state index contributed by atoms with van der Waals surface area (Å²) >= 11 is 0. The van der Waals surface area contributed by atoms with Gasteiger partial charge in [-0.15, -0.1) is 0 Å². The van der Waals surface area contributed by atoms with Gasteiger partial charge in [0.2, 0.25) is 11.8 Å². The Morgan fingerprint density at radius 2 is 2.00 bits per heavy atom. The van der Waals surface area contributed by atoms with Crippen molar-refractivity contribution in [1.29, 1.82) is 0 Å². The molecule has 1 aromatic rings. The first-order chi connectivity index (χ1) is 12.1. The molecule has 1 aromatic carbocycles. The lowest BCUT2D eigenvalue weighted by Crippen LogP contribution is -2.41. The number of primary amides is 1. The number of hydrogen-bond donors (Lipinski definition) is 2. The Morgan fingerprint density at radius 1 is 1.20 bits per heavy atom. The molecule has 3 N–H and O–H groups in total. The van der Waals surface area contributed by atoms with Gasteiger partial charge in [-0.2, -0.15) is 0 Å². The summed E-state index contributed by atoms with van der Waals surface area (Å²) in [5, 5.41) is 3.00. The Bertz CT molecular complexity index is 639. The van der Waals surface area contributed by atoms with Gasteiger partial charge in [-0.1, -0.05) is 24.3 Å². The number of carbonyl (C=O) groups is 2. The molecule has 0 saturated carbocycles.